The van der Waals surface area contributed by atoms with E-state index in [1.165, 1.54) is 17.8 Å². The smallest absolute Gasteiger partial charge is 0.326 e. The lowest BCUT2D eigenvalue weighted by molar-refractivity contribution is -0.117. The molecule has 2 aliphatic heterocycles. The van der Waals surface area contributed by atoms with Crippen LogP contribution in [0, 0.1) is 0 Å². The molecule has 32 heavy (non-hydrogen) atoms. The van der Waals surface area contributed by atoms with Crippen molar-refractivity contribution in [3.63, 3.8) is 0 Å². The molecule has 1 atom stereocenters. The van der Waals surface area contributed by atoms with Crippen LogP contribution < -0.4 is 21.3 Å². The van der Waals surface area contributed by atoms with Crippen LogP contribution in [0.1, 0.15) is 35.8 Å². The summed E-state index contributed by atoms with van der Waals surface area (Å²) in [7, 11) is 0. The number of thioether (sulfide) groups is 1. The minimum Gasteiger partial charge on any atom is -0.367 e. The van der Waals surface area contributed by atoms with Crippen molar-refractivity contribution in [1.29, 1.82) is 0 Å². The van der Waals surface area contributed by atoms with E-state index in [1.54, 1.807) is 10.7 Å². The fraction of sp³-hybridized carbons (Fsp3) is 0.350. The topological polar surface area (TPSA) is 130 Å². The maximum absolute atomic E-state index is 12.4. The Kier molecular flexibility index (Phi) is 5.29. The van der Waals surface area contributed by atoms with Gasteiger partial charge in [-0.25, -0.2) is 14.2 Å². The van der Waals surface area contributed by atoms with Gasteiger partial charge in [0.25, 0.3) is 11.8 Å². The lowest BCUT2D eigenvalue weighted by Gasteiger charge is -2.14. The molecule has 4 heterocycles. The molecule has 10 nitrogen and oxygen atoms in total. The molecule has 4 amide bonds. The molecule has 0 spiro atoms. The van der Waals surface area contributed by atoms with E-state index in [0.29, 0.717) is 28.6 Å². The van der Waals surface area contributed by atoms with Crippen molar-refractivity contribution in [3.8, 4) is 0 Å². The highest BCUT2D eigenvalue weighted by atomic mass is 32.2. The molecule has 166 valence electrons. The van der Waals surface area contributed by atoms with Gasteiger partial charge in [-0.3, -0.25) is 14.9 Å². The van der Waals surface area contributed by atoms with Crippen LogP contribution in [-0.4, -0.2) is 51.7 Å². The summed E-state index contributed by atoms with van der Waals surface area (Å²) >= 11 is 1.39. The first-order chi connectivity index (χ1) is 15.5. The van der Waals surface area contributed by atoms with Gasteiger partial charge >= 0.3 is 6.03 Å². The van der Waals surface area contributed by atoms with Crippen molar-refractivity contribution in [3.05, 3.63) is 40.2 Å². The zero-order valence-electron chi connectivity index (χ0n) is 16.9. The zero-order valence-corrected chi connectivity index (χ0v) is 17.7. The van der Waals surface area contributed by atoms with Crippen molar-refractivity contribution >= 4 is 47.1 Å². The maximum atomic E-state index is 12.4. The van der Waals surface area contributed by atoms with Gasteiger partial charge in [0, 0.05) is 24.2 Å². The summed E-state index contributed by atoms with van der Waals surface area (Å²) < 4.78 is 14.0. The Morgan fingerprint density at radius 2 is 2.19 bits per heavy atom. The summed E-state index contributed by atoms with van der Waals surface area (Å²) in [4.78, 5) is 40.9. The van der Waals surface area contributed by atoms with Gasteiger partial charge < -0.3 is 16.0 Å². The fourth-order valence-corrected chi connectivity index (χ4v) is 4.59. The molecule has 0 bridgehead atoms. The molecule has 1 unspecified atom stereocenters. The Labute approximate surface area is 186 Å². The number of halogens is 1. The van der Waals surface area contributed by atoms with Gasteiger partial charge in [0.05, 0.1) is 22.0 Å². The standard InChI is InChI=1S/C20H20FN7O3S/c21-5-6-22-19(30)15-4-3-14(32-15)12-8-16(24-11-1-2-11)28-17(25-12)10(9-23-28)7-13-18(29)27-20(31)26-13/h4,7-9,11,14,24H,1-3,5-6H2,(H,22,30)(H2,26,27,29,31)/b13-7-. The molecule has 1 aliphatic carbocycles. The number of alkyl halides is 1. The predicted octanol–water partition coefficient (Wildman–Crippen LogP) is 1.63. The van der Waals surface area contributed by atoms with Crippen LogP contribution in [0.5, 0.6) is 0 Å². The van der Waals surface area contributed by atoms with Crippen molar-refractivity contribution in [2.75, 3.05) is 18.5 Å². The number of imide groups is 1. The number of aromatic nitrogens is 3. The summed E-state index contributed by atoms with van der Waals surface area (Å²) in [5.41, 5.74) is 1.99. The average Bonchev–Trinajstić information content (AvgIpc) is 3.16. The highest BCUT2D eigenvalue weighted by molar-refractivity contribution is 8.04. The van der Waals surface area contributed by atoms with Crippen molar-refractivity contribution in [2.45, 2.75) is 30.6 Å². The summed E-state index contributed by atoms with van der Waals surface area (Å²) in [6, 6.07) is 1.72. The van der Waals surface area contributed by atoms with Gasteiger partial charge in [-0.05, 0) is 25.3 Å². The molecule has 1 saturated carbocycles. The lowest BCUT2D eigenvalue weighted by Crippen LogP contribution is -2.25. The Hall–Kier alpha value is -3.41. The molecule has 2 fully saturated rings. The van der Waals surface area contributed by atoms with E-state index >= 15 is 0 Å². The number of urea groups is 1. The number of hydrogen-bond acceptors (Lipinski definition) is 7. The third-order valence-corrected chi connectivity index (χ3v) is 6.51. The molecular formula is C20H20FN7O3S. The van der Waals surface area contributed by atoms with Gasteiger partial charge in [0.15, 0.2) is 5.65 Å². The minimum atomic E-state index is -0.612. The number of nitrogens with zero attached hydrogens (tertiary/aromatic N) is 3. The summed E-state index contributed by atoms with van der Waals surface area (Å²) in [5.74, 6) is -0.0281. The van der Waals surface area contributed by atoms with E-state index in [2.05, 4.69) is 26.4 Å². The number of rotatable bonds is 7. The maximum Gasteiger partial charge on any atom is 0.326 e. The second-order valence-corrected chi connectivity index (χ2v) is 8.89. The number of allylic oxidation sites excluding steroid dienone is 1. The average molecular weight is 457 g/mol. The highest BCUT2D eigenvalue weighted by Gasteiger charge is 2.29. The number of anilines is 1. The molecule has 5 rings (SSSR count). The molecule has 1 saturated heterocycles. The second-order valence-electron chi connectivity index (χ2n) is 7.64. The SMILES string of the molecule is O=C1NC(=O)/C(=C/c2cnn3c(NC4CC4)cc(C4CC=C(C(=O)NCCF)S4)nc23)N1. The first-order valence-corrected chi connectivity index (χ1v) is 11.1. The molecule has 12 heteroatoms. The quantitative estimate of drug-likeness (QED) is 0.367. The number of carbonyl (C=O) groups excluding carboxylic acids is 3. The zero-order chi connectivity index (χ0) is 22.2. The molecule has 3 aliphatic rings. The van der Waals surface area contributed by atoms with E-state index < -0.39 is 18.6 Å². The van der Waals surface area contributed by atoms with Crippen LogP contribution in [-0.2, 0) is 9.59 Å². The van der Waals surface area contributed by atoms with Crippen LogP contribution in [0.15, 0.2) is 28.9 Å². The van der Waals surface area contributed by atoms with Crippen LogP contribution in [0.25, 0.3) is 11.7 Å². The van der Waals surface area contributed by atoms with Gasteiger partial charge in [0.2, 0.25) is 0 Å². The minimum absolute atomic E-state index is 0.0148. The summed E-state index contributed by atoms with van der Waals surface area (Å²) in [5, 5.41) is 15.0. The number of hydrogen-bond donors (Lipinski definition) is 4. The van der Waals surface area contributed by atoms with E-state index in [-0.39, 0.29) is 23.4 Å². The van der Waals surface area contributed by atoms with Crippen molar-refractivity contribution in [1.82, 2.24) is 30.5 Å². The first kappa shape index (κ1) is 20.5. The lowest BCUT2D eigenvalue weighted by atomic mass is 10.2. The normalized spacial score (nSPS) is 21.6. The first-order valence-electron chi connectivity index (χ1n) is 10.2. The Morgan fingerprint density at radius 3 is 2.91 bits per heavy atom. The number of carbonyl (C=O) groups is 3. The molecule has 2 aromatic heterocycles. The summed E-state index contributed by atoms with van der Waals surface area (Å²) in [6.07, 6.45) is 7.71. The van der Waals surface area contributed by atoms with Gasteiger partial charge in [-0.15, -0.1) is 11.8 Å². The number of amides is 4. The highest BCUT2D eigenvalue weighted by Crippen LogP contribution is 2.44. The molecule has 0 radical (unpaired) electrons. The number of nitrogens with one attached hydrogen (secondary N) is 4. The third-order valence-electron chi connectivity index (χ3n) is 5.19. The van der Waals surface area contributed by atoms with Crippen molar-refractivity contribution in [2.24, 2.45) is 0 Å². The molecule has 0 aromatic carbocycles. The second kappa shape index (κ2) is 8.26. The van der Waals surface area contributed by atoms with Crippen LogP contribution in [0.3, 0.4) is 0 Å². The van der Waals surface area contributed by atoms with E-state index in [1.807, 2.05) is 12.1 Å². The Morgan fingerprint density at radius 1 is 1.34 bits per heavy atom. The molecule has 2 aromatic rings. The fourth-order valence-electron chi connectivity index (χ4n) is 3.48. The van der Waals surface area contributed by atoms with Crippen LogP contribution in [0.4, 0.5) is 15.0 Å². The van der Waals surface area contributed by atoms with E-state index in [4.69, 9.17) is 4.98 Å². The van der Waals surface area contributed by atoms with Crippen LogP contribution >= 0.6 is 11.8 Å². The monoisotopic (exact) mass is 457 g/mol. The molecule has 4 N–H and O–H groups in total. The van der Waals surface area contributed by atoms with E-state index in [9.17, 15) is 18.8 Å². The van der Waals surface area contributed by atoms with Gasteiger partial charge in [-0.1, -0.05) is 6.08 Å². The molecular weight excluding hydrogens is 437 g/mol. The predicted molar refractivity (Wildman–Crippen MR) is 116 cm³/mol. The van der Waals surface area contributed by atoms with Gasteiger partial charge in [0.1, 0.15) is 18.2 Å². The largest absolute Gasteiger partial charge is 0.367 e. The Bertz CT molecular complexity index is 1190. The van der Waals surface area contributed by atoms with E-state index in [0.717, 1.165) is 24.4 Å². The Balaban J connectivity index is 1.47. The van der Waals surface area contributed by atoms with Crippen molar-refractivity contribution < 1.29 is 18.8 Å². The third kappa shape index (κ3) is 4.05. The van der Waals surface area contributed by atoms with Crippen LogP contribution in [0.2, 0.25) is 0 Å². The summed E-state index contributed by atoms with van der Waals surface area (Å²) in [6.45, 7) is -0.626. The van der Waals surface area contributed by atoms with Gasteiger partial charge in [-0.2, -0.15) is 9.61 Å². The number of fused-ring (bicyclic) bond motifs is 1.